The van der Waals surface area contributed by atoms with E-state index in [4.69, 9.17) is 0 Å². The number of benzene rings is 2. The number of anilines is 1. The molecule has 0 amide bonds. The molecule has 0 bridgehead atoms. The zero-order chi connectivity index (χ0) is 21.7. The third-order valence-electron chi connectivity index (χ3n) is 3.87. The Morgan fingerprint density at radius 3 is 2.50 bits per heavy atom. The molecule has 0 atom stereocenters. The van der Waals surface area contributed by atoms with Gasteiger partial charge in [0.25, 0.3) is 16.9 Å². The van der Waals surface area contributed by atoms with Crippen LogP contribution in [-0.4, -0.2) is 26.0 Å². The highest BCUT2D eigenvalue weighted by atomic mass is 16.6. The summed E-state index contributed by atoms with van der Waals surface area (Å²) in [6.45, 7) is 0. The molecule has 1 heterocycles. The Morgan fingerprint density at radius 2 is 1.87 bits per heavy atom. The van der Waals surface area contributed by atoms with Gasteiger partial charge in [-0.25, -0.2) is 10.4 Å². The third-order valence-corrected chi connectivity index (χ3v) is 3.87. The van der Waals surface area contributed by atoms with E-state index < -0.39 is 26.8 Å². The normalized spacial score (nSPS) is 10.5. The summed E-state index contributed by atoms with van der Waals surface area (Å²) in [6.07, 6.45) is 1.06. The van der Waals surface area contributed by atoms with Crippen LogP contribution in [0.2, 0.25) is 0 Å². The highest BCUT2D eigenvalue weighted by molar-refractivity contribution is 5.86. The van der Waals surface area contributed by atoms with Crippen molar-refractivity contribution in [1.82, 2.24) is 9.97 Å². The van der Waals surface area contributed by atoms with E-state index in [-0.39, 0.29) is 22.8 Å². The maximum absolute atomic E-state index is 12.2. The molecule has 12 nitrogen and oxygen atoms in total. The van der Waals surface area contributed by atoms with Crippen LogP contribution in [0, 0.1) is 31.6 Å². The molecule has 0 unspecified atom stereocenters. The minimum atomic E-state index is -0.774. The van der Waals surface area contributed by atoms with Crippen molar-refractivity contribution >= 4 is 23.5 Å². The molecule has 0 aliphatic heterocycles. The molecule has 148 valence electrons. The topological polar surface area (TPSA) is 180 Å². The van der Waals surface area contributed by atoms with Gasteiger partial charge in [-0.1, -0.05) is 30.3 Å². The van der Waals surface area contributed by atoms with Crippen molar-refractivity contribution in [3.05, 3.63) is 90.2 Å². The molecular formula is C18H11N7O5. The van der Waals surface area contributed by atoms with Crippen LogP contribution in [-0.2, 0) is 0 Å². The molecule has 1 aromatic heterocycles. The summed E-state index contributed by atoms with van der Waals surface area (Å²) in [5.74, 6) is -0.0985. The number of nitro benzene ring substituents is 2. The Balaban J connectivity index is 1.93. The highest BCUT2D eigenvalue weighted by Gasteiger charge is 2.18. The molecule has 0 radical (unpaired) electrons. The second-order valence-electron chi connectivity index (χ2n) is 5.74. The van der Waals surface area contributed by atoms with Gasteiger partial charge in [-0.2, -0.15) is 10.4 Å². The van der Waals surface area contributed by atoms with Gasteiger partial charge in [-0.05, 0) is 6.07 Å². The quantitative estimate of drug-likeness (QED) is 0.356. The number of hydrogen-bond donors (Lipinski definition) is 2. The molecule has 0 saturated carbocycles. The largest absolute Gasteiger partial charge is 0.290 e. The van der Waals surface area contributed by atoms with Gasteiger partial charge in [-0.3, -0.25) is 30.0 Å². The van der Waals surface area contributed by atoms with Crippen molar-refractivity contribution in [3.8, 4) is 17.3 Å². The lowest BCUT2D eigenvalue weighted by atomic mass is 10.1. The van der Waals surface area contributed by atoms with E-state index in [0.717, 1.165) is 18.3 Å². The number of rotatable bonds is 6. The summed E-state index contributed by atoms with van der Waals surface area (Å²) in [7, 11) is 0. The molecular weight excluding hydrogens is 394 g/mol. The molecule has 0 fully saturated rings. The van der Waals surface area contributed by atoms with Gasteiger partial charge >= 0.3 is 0 Å². The van der Waals surface area contributed by atoms with Crippen LogP contribution < -0.4 is 11.0 Å². The van der Waals surface area contributed by atoms with Crippen LogP contribution in [0.15, 0.2) is 58.4 Å². The smallest absolute Gasteiger partial charge is 0.285 e. The van der Waals surface area contributed by atoms with Gasteiger partial charge in [0.2, 0.25) is 5.95 Å². The van der Waals surface area contributed by atoms with Crippen LogP contribution >= 0.6 is 0 Å². The Labute approximate surface area is 167 Å². The van der Waals surface area contributed by atoms with Crippen molar-refractivity contribution in [2.75, 3.05) is 5.43 Å². The number of non-ortho nitro benzene ring substituents is 1. The average Bonchev–Trinajstić information content (AvgIpc) is 2.74. The number of nitriles is 1. The first kappa shape index (κ1) is 19.8. The lowest BCUT2D eigenvalue weighted by Crippen LogP contribution is -2.16. The van der Waals surface area contributed by atoms with Crippen molar-refractivity contribution in [1.29, 1.82) is 5.26 Å². The van der Waals surface area contributed by atoms with Gasteiger partial charge < -0.3 is 0 Å². The third kappa shape index (κ3) is 4.15. The molecule has 3 rings (SSSR count). The predicted molar refractivity (Wildman–Crippen MR) is 106 cm³/mol. The lowest BCUT2D eigenvalue weighted by Gasteiger charge is -2.06. The van der Waals surface area contributed by atoms with E-state index >= 15 is 0 Å². The molecule has 2 aromatic carbocycles. The van der Waals surface area contributed by atoms with Crippen molar-refractivity contribution in [2.24, 2.45) is 5.10 Å². The summed E-state index contributed by atoms with van der Waals surface area (Å²) in [6, 6.07) is 13.5. The number of aromatic amines is 1. The number of nitrogens with one attached hydrogen (secondary N) is 2. The molecule has 0 spiro atoms. The van der Waals surface area contributed by atoms with E-state index in [1.165, 1.54) is 6.07 Å². The zero-order valence-corrected chi connectivity index (χ0v) is 15.0. The molecule has 30 heavy (non-hydrogen) atoms. The van der Waals surface area contributed by atoms with Crippen molar-refractivity contribution in [2.45, 2.75) is 0 Å². The monoisotopic (exact) mass is 405 g/mol. The van der Waals surface area contributed by atoms with Gasteiger partial charge in [0, 0.05) is 11.6 Å². The number of hydrazone groups is 1. The van der Waals surface area contributed by atoms with E-state index in [9.17, 15) is 30.3 Å². The first-order chi connectivity index (χ1) is 14.4. The molecule has 2 N–H and O–H groups in total. The molecule has 3 aromatic rings. The van der Waals surface area contributed by atoms with E-state index in [1.54, 1.807) is 36.4 Å². The maximum Gasteiger partial charge on any atom is 0.285 e. The Hall–Kier alpha value is -4.92. The standard InChI is InChI=1S/C18H11N7O5/c19-9-14-16(11-4-2-1-3-5-11)21-18(22-17(14)26)23-20-10-12-6-7-13(24(27)28)8-15(12)25(29)30/h1-8,10H,(H2,21,22,23,26). The maximum atomic E-state index is 12.2. The van der Waals surface area contributed by atoms with Crippen LogP contribution in [0.5, 0.6) is 0 Å². The van der Waals surface area contributed by atoms with Crippen LogP contribution in [0.3, 0.4) is 0 Å². The summed E-state index contributed by atoms with van der Waals surface area (Å²) in [5.41, 5.74) is 1.30. The van der Waals surface area contributed by atoms with Gasteiger partial charge in [0.1, 0.15) is 11.6 Å². The van der Waals surface area contributed by atoms with Gasteiger partial charge in [-0.15, -0.1) is 0 Å². The number of H-pyrrole nitrogens is 1. The van der Waals surface area contributed by atoms with E-state index in [1.807, 2.05) is 0 Å². The van der Waals surface area contributed by atoms with E-state index in [0.29, 0.717) is 5.56 Å². The molecule has 12 heteroatoms. The first-order valence-electron chi connectivity index (χ1n) is 8.22. The predicted octanol–water partition coefficient (Wildman–Crippen LogP) is 2.57. The number of nitro groups is 2. The fourth-order valence-corrected chi connectivity index (χ4v) is 2.51. The number of hydrogen-bond acceptors (Lipinski definition) is 9. The SMILES string of the molecule is N#Cc1c(-c2ccccc2)nc(NN=Cc2ccc([N+](=O)[O-])cc2[N+](=O)[O-])[nH]c1=O. The summed E-state index contributed by atoms with van der Waals surface area (Å²) in [4.78, 5) is 39.1. The minimum Gasteiger partial charge on any atom is -0.290 e. The van der Waals surface area contributed by atoms with Crippen molar-refractivity contribution < 1.29 is 9.85 Å². The van der Waals surface area contributed by atoms with Gasteiger partial charge in [0.05, 0.1) is 33.4 Å². The molecule has 0 aliphatic carbocycles. The Kier molecular flexibility index (Phi) is 5.55. The lowest BCUT2D eigenvalue weighted by molar-refractivity contribution is -0.394. The summed E-state index contributed by atoms with van der Waals surface area (Å²) < 4.78 is 0. The van der Waals surface area contributed by atoms with Crippen LogP contribution in [0.4, 0.5) is 17.3 Å². The summed E-state index contributed by atoms with van der Waals surface area (Å²) >= 11 is 0. The van der Waals surface area contributed by atoms with Crippen LogP contribution in [0.25, 0.3) is 11.3 Å². The molecule has 0 saturated heterocycles. The van der Waals surface area contributed by atoms with Gasteiger partial charge in [0.15, 0.2) is 0 Å². The van der Waals surface area contributed by atoms with E-state index in [2.05, 4.69) is 20.5 Å². The number of aromatic nitrogens is 2. The Bertz CT molecular complexity index is 1260. The fraction of sp³-hybridized carbons (Fsp3) is 0. The average molecular weight is 405 g/mol. The zero-order valence-electron chi connectivity index (χ0n) is 15.0. The Morgan fingerprint density at radius 1 is 1.13 bits per heavy atom. The summed E-state index contributed by atoms with van der Waals surface area (Å²) in [5, 5.41) is 35.0. The minimum absolute atomic E-state index is 0.00243. The first-order valence-corrected chi connectivity index (χ1v) is 8.22. The second-order valence-corrected chi connectivity index (χ2v) is 5.74. The molecule has 0 aliphatic rings. The highest BCUT2D eigenvalue weighted by Crippen LogP contribution is 2.23. The number of nitrogens with zero attached hydrogens (tertiary/aromatic N) is 5. The fourth-order valence-electron chi connectivity index (χ4n) is 2.51. The van der Waals surface area contributed by atoms with Crippen molar-refractivity contribution in [3.63, 3.8) is 0 Å². The second kappa shape index (κ2) is 8.40. The van der Waals surface area contributed by atoms with Crippen LogP contribution in [0.1, 0.15) is 11.1 Å².